The van der Waals surface area contributed by atoms with E-state index in [0.717, 1.165) is 11.3 Å². The molecule has 0 radical (unpaired) electrons. The molecule has 13 heavy (non-hydrogen) atoms. The third-order valence-corrected chi connectivity index (χ3v) is 2.62. The van der Waals surface area contributed by atoms with Gasteiger partial charge in [0, 0.05) is 5.39 Å². The highest BCUT2D eigenvalue weighted by molar-refractivity contribution is 5.86. The van der Waals surface area contributed by atoms with E-state index in [2.05, 4.69) is 32.0 Å². The fraction of sp³-hybridized carbons (Fsp3) is 0.364. The van der Waals surface area contributed by atoms with E-state index < -0.39 is 0 Å². The number of benzene rings is 1. The Labute approximate surface area is 77.5 Å². The minimum atomic E-state index is 0.931. The van der Waals surface area contributed by atoms with Gasteiger partial charge in [0.05, 0.1) is 5.69 Å². The number of aromatic nitrogens is 1. The van der Waals surface area contributed by atoms with Crippen LogP contribution in [0.25, 0.3) is 11.0 Å². The molecule has 1 heterocycles. The van der Waals surface area contributed by atoms with Gasteiger partial charge >= 0.3 is 0 Å². The molecule has 0 atom stereocenters. The van der Waals surface area contributed by atoms with Crippen LogP contribution in [0.4, 0.5) is 0 Å². The van der Waals surface area contributed by atoms with E-state index in [9.17, 15) is 0 Å². The minimum Gasteiger partial charge on any atom is -0.356 e. The Hall–Kier alpha value is -1.31. The second-order valence-electron chi connectivity index (χ2n) is 3.61. The fourth-order valence-electron chi connectivity index (χ4n) is 1.78. The smallest absolute Gasteiger partial charge is 0.170 e. The molecule has 1 aromatic carbocycles. The van der Waals surface area contributed by atoms with Crippen molar-refractivity contribution in [1.82, 2.24) is 5.16 Å². The highest BCUT2D eigenvalue weighted by Gasteiger charge is 2.11. The molecule has 0 spiro atoms. The van der Waals surface area contributed by atoms with E-state index in [0.29, 0.717) is 0 Å². The van der Waals surface area contributed by atoms with Gasteiger partial charge in [0.25, 0.3) is 0 Å². The number of hydrogen-bond donors (Lipinski definition) is 0. The van der Waals surface area contributed by atoms with Gasteiger partial charge in [0.2, 0.25) is 0 Å². The first-order chi connectivity index (χ1) is 6.11. The van der Waals surface area contributed by atoms with Crippen molar-refractivity contribution in [2.45, 2.75) is 27.7 Å². The normalized spacial score (nSPS) is 11.1. The summed E-state index contributed by atoms with van der Waals surface area (Å²) in [5, 5.41) is 5.16. The Morgan fingerprint density at radius 1 is 1.08 bits per heavy atom. The van der Waals surface area contributed by atoms with Gasteiger partial charge in [-0.1, -0.05) is 11.2 Å². The first-order valence-electron chi connectivity index (χ1n) is 4.44. The van der Waals surface area contributed by atoms with Crippen LogP contribution in [0.3, 0.4) is 0 Å². The minimum absolute atomic E-state index is 0.931. The number of nitrogens with zero attached hydrogens (tertiary/aromatic N) is 1. The first kappa shape index (κ1) is 8.30. The van der Waals surface area contributed by atoms with Crippen LogP contribution in [-0.4, -0.2) is 5.16 Å². The van der Waals surface area contributed by atoms with Crippen molar-refractivity contribution in [3.8, 4) is 0 Å². The van der Waals surface area contributed by atoms with Crippen LogP contribution in [0.2, 0.25) is 0 Å². The van der Waals surface area contributed by atoms with Gasteiger partial charge in [-0.05, 0) is 44.4 Å². The maximum absolute atomic E-state index is 5.27. The zero-order valence-corrected chi connectivity index (χ0v) is 8.43. The van der Waals surface area contributed by atoms with Crippen molar-refractivity contribution >= 4 is 11.0 Å². The van der Waals surface area contributed by atoms with Crippen molar-refractivity contribution < 1.29 is 4.52 Å². The zero-order chi connectivity index (χ0) is 9.59. The van der Waals surface area contributed by atoms with Crippen LogP contribution >= 0.6 is 0 Å². The Balaban J connectivity index is 3.00. The molecular formula is C11H13NO. The van der Waals surface area contributed by atoms with Crippen molar-refractivity contribution in [1.29, 1.82) is 0 Å². The van der Waals surface area contributed by atoms with Crippen LogP contribution < -0.4 is 0 Å². The second kappa shape index (κ2) is 2.59. The highest BCUT2D eigenvalue weighted by atomic mass is 16.5. The number of hydrogen-bond acceptors (Lipinski definition) is 2. The molecular weight excluding hydrogens is 162 g/mol. The predicted molar refractivity (Wildman–Crippen MR) is 53.0 cm³/mol. The van der Waals surface area contributed by atoms with Crippen LogP contribution in [0, 0.1) is 27.7 Å². The molecule has 0 unspecified atom stereocenters. The van der Waals surface area contributed by atoms with E-state index >= 15 is 0 Å². The van der Waals surface area contributed by atoms with Gasteiger partial charge in [-0.15, -0.1) is 0 Å². The Morgan fingerprint density at radius 2 is 1.77 bits per heavy atom. The highest BCUT2D eigenvalue weighted by Crippen LogP contribution is 2.27. The van der Waals surface area contributed by atoms with Gasteiger partial charge in [-0.25, -0.2) is 0 Å². The summed E-state index contributed by atoms with van der Waals surface area (Å²) < 4.78 is 5.27. The molecule has 0 fully saturated rings. The summed E-state index contributed by atoms with van der Waals surface area (Å²) in [7, 11) is 0. The van der Waals surface area contributed by atoms with Crippen LogP contribution in [-0.2, 0) is 0 Å². The zero-order valence-electron chi connectivity index (χ0n) is 8.43. The Morgan fingerprint density at radius 3 is 2.46 bits per heavy atom. The molecule has 0 saturated heterocycles. The number of rotatable bonds is 0. The van der Waals surface area contributed by atoms with Crippen LogP contribution in [0.15, 0.2) is 10.6 Å². The standard InChI is InChI=1S/C11H13NO/c1-6-5-7(2)11-10(8(6)3)9(4)12-13-11/h5H,1-4H3. The Bertz CT molecular complexity index is 468. The van der Waals surface area contributed by atoms with E-state index in [-0.39, 0.29) is 0 Å². The monoisotopic (exact) mass is 175 g/mol. The fourth-order valence-corrected chi connectivity index (χ4v) is 1.78. The van der Waals surface area contributed by atoms with Crippen molar-refractivity contribution in [3.05, 3.63) is 28.5 Å². The molecule has 0 saturated carbocycles. The lowest BCUT2D eigenvalue weighted by molar-refractivity contribution is 0.449. The molecule has 1 aromatic heterocycles. The number of aryl methyl sites for hydroxylation is 4. The van der Waals surface area contributed by atoms with Crippen molar-refractivity contribution in [3.63, 3.8) is 0 Å². The summed E-state index contributed by atoms with van der Waals surface area (Å²) in [5.41, 5.74) is 5.66. The molecule has 0 bridgehead atoms. The average molecular weight is 175 g/mol. The van der Waals surface area contributed by atoms with Gasteiger partial charge in [-0.3, -0.25) is 0 Å². The average Bonchev–Trinajstić information content (AvgIpc) is 2.44. The van der Waals surface area contributed by atoms with Crippen LogP contribution in [0.1, 0.15) is 22.4 Å². The summed E-state index contributed by atoms with van der Waals surface area (Å²) in [6.07, 6.45) is 0. The molecule has 68 valence electrons. The van der Waals surface area contributed by atoms with Crippen LogP contribution in [0.5, 0.6) is 0 Å². The lowest BCUT2D eigenvalue weighted by Crippen LogP contribution is -1.85. The topological polar surface area (TPSA) is 26.0 Å². The molecule has 0 aliphatic carbocycles. The molecule has 2 aromatic rings. The maximum Gasteiger partial charge on any atom is 0.170 e. The van der Waals surface area contributed by atoms with E-state index in [1.807, 2.05) is 6.92 Å². The van der Waals surface area contributed by atoms with Gasteiger partial charge in [0.1, 0.15) is 0 Å². The van der Waals surface area contributed by atoms with E-state index in [1.165, 1.54) is 22.1 Å². The lowest BCUT2D eigenvalue weighted by Gasteiger charge is -2.02. The van der Waals surface area contributed by atoms with Crippen molar-refractivity contribution in [2.24, 2.45) is 0 Å². The SMILES string of the molecule is Cc1cc(C)c2onc(C)c2c1C. The summed E-state index contributed by atoms with van der Waals surface area (Å²) >= 11 is 0. The molecule has 0 aliphatic heterocycles. The molecule has 0 N–H and O–H groups in total. The summed E-state index contributed by atoms with van der Waals surface area (Å²) in [5.74, 6) is 0. The van der Waals surface area contributed by atoms with E-state index in [1.54, 1.807) is 0 Å². The molecule has 2 heteroatoms. The molecule has 0 amide bonds. The van der Waals surface area contributed by atoms with E-state index in [4.69, 9.17) is 4.52 Å². The predicted octanol–water partition coefficient (Wildman–Crippen LogP) is 3.06. The lowest BCUT2D eigenvalue weighted by atomic mass is 10.0. The molecule has 0 aliphatic rings. The first-order valence-corrected chi connectivity index (χ1v) is 4.44. The van der Waals surface area contributed by atoms with Gasteiger partial charge < -0.3 is 4.52 Å². The van der Waals surface area contributed by atoms with Gasteiger partial charge in [-0.2, -0.15) is 0 Å². The molecule has 2 nitrogen and oxygen atoms in total. The Kier molecular flexibility index (Phi) is 1.65. The second-order valence-corrected chi connectivity index (χ2v) is 3.61. The summed E-state index contributed by atoms with van der Waals surface area (Å²) in [4.78, 5) is 0. The number of fused-ring (bicyclic) bond motifs is 1. The quantitative estimate of drug-likeness (QED) is 0.615. The molecule has 2 rings (SSSR count). The van der Waals surface area contributed by atoms with Crippen molar-refractivity contribution in [2.75, 3.05) is 0 Å². The largest absolute Gasteiger partial charge is 0.356 e. The third-order valence-electron chi connectivity index (χ3n) is 2.62. The maximum atomic E-state index is 5.27. The summed E-state index contributed by atoms with van der Waals surface area (Å²) in [6, 6.07) is 2.14. The summed E-state index contributed by atoms with van der Waals surface area (Å²) in [6.45, 7) is 8.27. The van der Waals surface area contributed by atoms with Gasteiger partial charge in [0.15, 0.2) is 5.58 Å². The third kappa shape index (κ3) is 1.05.